The Morgan fingerprint density at radius 3 is 2.48 bits per heavy atom. The molecular formula is C21H29N3O3. The maximum Gasteiger partial charge on any atom is 0.257 e. The Kier molecular flexibility index (Phi) is 7.61. The molecule has 0 aliphatic rings. The maximum absolute atomic E-state index is 12.3. The zero-order valence-corrected chi connectivity index (χ0v) is 16.7. The maximum atomic E-state index is 12.3. The van der Waals surface area contributed by atoms with E-state index in [9.17, 15) is 4.79 Å². The molecule has 0 bridgehead atoms. The summed E-state index contributed by atoms with van der Waals surface area (Å²) in [6.07, 6.45) is 3.16. The Bertz CT molecular complexity index is 725. The van der Waals surface area contributed by atoms with E-state index in [1.54, 1.807) is 43.6 Å². The number of benzene rings is 1. The van der Waals surface area contributed by atoms with Gasteiger partial charge in [0, 0.05) is 42.8 Å². The number of aromatic nitrogens is 1. The molecule has 0 aliphatic carbocycles. The number of hydrogen-bond acceptors (Lipinski definition) is 5. The van der Waals surface area contributed by atoms with Gasteiger partial charge in [0.25, 0.3) is 5.91 Å². The van der Waals surface area contributed by atoms with Crippen LogP contribution in [0, 0.1) is 0 Å². The molecule has 6 heteroatoms. The predicted octanol–water partition coefficient (Wildman–Crippen LogP) is 3.84. The number of carbonyl (C=O) groups excluding carboxylic acids is 1. The molecule has 1 amide bonds. The molecule has 0 fully saturated rings. The summed E-state index contributed by atoms with van der Waals surface area (Å²) in [5.74, 6) is 1.02. The van der Waals surface area contributed by atoms with Gasteiger partial charge < -0.3 is 14.8 Å². The molecule has 146 valence electrons. The number of methoxy groups -OCH3 is 1. The highest BCUT2D eigenvalue weighted by Gasteiger charge is 2.14. The van der Waals surface area contributed by atoms with E-state index in [1.165, 1.54) is 6.20 Å². The minimum atomic E-state index is -0.218. The summed E-state index contributed by atoms with van der Waals surface area (Å²) in [7, 11) is 1.60. The van der Waals surface area contributed by atoms with Crippen molar-refractivity contribution in [3.63, 3.8) is 0 Å². The van der Waals surface area contributed by atoms with Crippen LogP contribution < -0.4 is 14.8 Å². The Balaban J connectivity index is 2.05. The zero-order chi connectivity index (χ0) is 19.8. The molecule has 6 nitrogen and oxygen atoms in total. The molecule has 2 rings (SSSR count). The van der Waals surface area contributed by atoms with E-state index in [1.807, 2.05) is 0 Å². The largest absolute Gasteiger partial charge is 0.493 e. The van der Waals surface area contributed by atoms with Gasteiger partial charge in [-0.15, -0.1) is 0 Å². The van der Waals surface area contributed by atoms with E-state index in [-0.39, 0.29) is 5.91 Å². The fourth-order valence-corrected chi connectivity index (χ4v) is 2.94. The highest BCUT2D eigenvalue weighted by molar-refractivity contribution is 6.04. The lowest BCUT2D eigenvalue weighted by molar-refractivity contribution is 0.102. The van der Waals surface area contributed by atoms with Crippen molar-refractivity contribution in [1.29, 1.82) is 0 Å². The van der Waals surface area contributed by atoms with Crippen molar-refractivity contribution in [3.8, 4) is 11.5 Å². The summed E-state index contributed by atoms with van der Waals surface area (Å²) in [6.45, 7) is 10.0. The number of rotatable bonds is 9. The molecule has 27 heavy (non-hydrogen) atoms. The molecule has 0 saturated heterocycles. The van der Waals surface area contributed by atoms with Gasteiger partial charge in [0.2, 0.25) is 0 Å². The van der Waals surface area contributed by atoms with Crippen molar-refractivity contribution in [2.45, 2.75) is 39.8 Å². The Morgan fingerprint density at radius 1 is 1.15 bits per heavy atom. The number of ether oxygens (including phenoxy) is 2. The molecule has 0 unspecified atom stereocenters. The Hall–Kier alpha value is -2.60. The SMILES string of the molecule is COc1ccc(NC(=O)c2cccnc2)cc1OCCN(C(C)C)C(C)C. The first-order valence-electron chi connectivity index (χ1n) is 9.20. The standard InChI is InChI=1S/C21H29N3O3/c1-15(2)24(16(3)4)11-12-27-20-13-18(8-9-19(20)26-5)23-21(25)17-7-6-10-22-14-17/h6-10,13-16H,11-12H2,1-5H3,(H,23,25). The second-order valence-electron chi connectivity index (χ2n) is 6.84. The molecule has 0 spiro atoms. The summed E-state index contributed by atoms with van der Waals surface area (Å²) >= 11 is 0. The van der Waals surface area contributed by atoms with E-state index < -0.39 is 0 Å². The first-order valence-corrected chi connectivity index (χ1v) is 9.20. The van der Waals surface area contributed by atoms with Crippen LogP contribution >= 0.6 is 0 Å². The second kappa shape index (κ2) is 9.92. The van der Waals surface area contributed by atoms with Crippen molar-refractivity contribution < 1.29 is 14.3 Å². The predicted molar refractivity (Wildman–Crippen MR) is 108 cm³/mol. The first-order chi connectivity index (χ1) is 12.9. The van der Waals surface area contributed by atoms with Crippen molar-refractivity contribution in [3.05, 3.63) is 48.3 Å². The lowest BCUT2D eigenvalue weighted by atomic mass is 10.2. The average molecular weight is 371 g/mol. The monoisotopic (exact) mass is 371 g/mol. The van der Waals surface area contributed by atoms with Gasteiger partial charge in [-0.25, -0.2) is 0 Å². The summed E-state index contributed by atoms with van der Waals surface area (Å²) < 4.78 is 11.3. The van der Waals surface area contributed by atoms with Gasteiger partial charge in [-0.2, -0.15) is 0 Å². The van der Waals surface area contributed by atoms with Crippen molar-refractivity contribution >= 4 is 11.6 Å². The Morgan fingerprint density at radius 2 is 1.89 bits per heavy atom. The van der Waals surface area contributed by atoms with Gasteiger partial charge in [-0.3, -0.25) is 14.7 Å². The lowest BCUT2D eigenvalue weighted by Gasteiger charge is -2.30. The summed E-state index contributed by atoms with van der Waals surface area (Å²) in [5, 5.41) is 2.86. The highest BCUT2D eigenvalue weighted by Crippen LogP contribution is 2.30. The molecule has 2 aromatic rings. The van der Waals surface area contributed by atoms with Crippen LogP contribution in [0.5, 0.6) is 11.5 Å². The van der Waals surface area contributed by atoms with E-state index in [0.717, 1.165) is 6.54 Å². The summed E-state index contributed by atoms with van der Waals surface area (Å²) in [6, 6.07) is 9.69. The lowest BCUT2D eigenvalue weighted by Crippen LogP contribution is -2.39. The third kappa shape index (κ3) is 5.96. The third-order valence-electron chi connectivity index (χ3n) is 4.28. The summed E-state index contributed by atoms with van der Waals surface area (Å²) in [5.41, 5.74) is 1.14. The number of pyridine rings is 1. The van der Waals surface area contributed by atoms with Crippen molar-refractivity contribution in [2.24, 2.45) is 0 Å². The van der Waals surface area contributed by atoms with Crippen LogP contribution in [0.1, 0.15) is 38.1 Å². The molecule has 1 aromatic heterocycles. The fraction of sp³-hybridized carbons (Fsp3) is 0.429. The van der Waals surface area contributed by atoms with Crippen LogP contribution in [-0.2, 0) is 0 Å². The number of nitrogens with zero attached hydrogens (tertiary/aromatic N) is 2. The quantitative estimate of drug-likeness (QED) is 0.726. The Labute approximate surface area is 161 Å². The minimum absolute atomic E-state index is 0.218. The minimum Gasteiger partial charge on any atom is -0.493 e. The molecule has 1 N–H and O–H groups in total. The van der Waals surface area contributed by atoms with Crippen LogP contribution in [-0.4, -0.2) is 48.1 Å². The van der Waals surface area contributed by atoms with Gasteiger partial charge in [0.1, 0.15) is 6.61 Å². The smallest absolute Gasteiger partial charge is 0.257 e. The van der Waals surface area contributed by atoms with Crippen LogP contribution in [0.15, 0.2) is 42.7 Å². The number of nitrogens with one attached hydrogen (secondary N) is 1. The van der Waals surface area contributed by atoms with Gasteiger partial charge >= 0.3 is 0 Å². The highest BCUT2D eigenvalue weighted by atomic mass is 16.5. The van der Waals surface area contributed by atoms with Gasteiger partial charge in [-0.05, 0) is 52.0 Å². The topological polar surface area (TPSA) is 63.7 Å². The normalized spacial score (nSPS) is 11.1. The first kappa shape index (κ1) is 20.7. The number of amides is 1. The molecule has 0 aliphatic heterocycles. The van der Waals surface area contributed by atoms with Crippen LogP contribution in [0.4, 0.5) is 5.69 Å². The molecule has 0 saturated carbocycles. The van der Waals surface area contributed by atoms with Crippen molar-refractivity contribution in [1.82, 2.24) is 9.88 Å². The van der Waals surface area contributed by atoms with E-state index in [4.69, 9.17) is 9.47 Å². The number of anilines is 1. The van der Waals surface area contributed by atoms with Crippen LogP contribution in [0.3, 0.4) is 0 Å². The van der Waals surface area contributed by atoms with E-state index in [0.29, 0.717) is 41.4 Å². The van der Waals surface area contributed by atoms with Gasteiger partial charge in [0.15, 0.2) is 11.5 Å². The van der Waals surface area contributed by atoms with Gasteiger partial charge in [-0.1, -0.05) is 0 Å². The molecule has 1 aromatic carbocycles. The number of hydrogen-bond donors (Lipinski definition) is 1. The zero-order valence-electron chi connectivity index (χ0n) is 16.7. The molecular weight excluding hydrogens is 342 g/mol. The van der Waals surface area contributed by atoms with Crippen LogP contribution in [0.25, 0.3) is 0 Å². The third-order valence-corrected chi connectivity index (χ3v) is 4.28. The fourth-order valence-electron chi connectivity index (χ4n) is 2.94. The van der Waals surface area contributed by atoms with Crippen LogP contribution in [0.2, 0.25) is 0 Å². The summed E-state index contributed by atoms with van der Waals surface area (Å²) in [4.78, 5) is 18.6. The molecule has 0 atom stereocenters. The molecule has 0 radical (unpaired) electrons. The number of carbonyl (C=O) groups is 1. The molecule has 1 heterocycles. The second-order valence-corrected chi connectivity index (χ2v) is 6.84. The van der Waals surface area contributed by atoms with E-state index >= 15 is 0 Å². The average Bonchev–Trinajstić information content (AvgIpc) is 2.65. The van der Waals surface area contributed by atoms with Crippen molar-refractivity contribution in [2.75, 3.05) is 25.6 Å². The van der Waals surface area contributed by atoms with E-state index in [2.05, 4.69) is 42.9 Å². The van der Waals surface area contributed by atoms with Gasteiger partial charge in [0.05, 0.1) is 12.7 Å².